The zero-order valence-corrected chi connectivity index (χ0v) is 11.6. The third-order valence-corrected chi connectivity index (χ3v) is 2.26. The number of carbonyl (C=O) groups excluding carboxylic acids is 1. The van der Waals surface area contributed by atoms with Crippen molar-refractivity contribution in [3.05, 3.63) is 29.8 Å². The molecule has 0 bridgehead atoms. The molecule has 0 aromatic heterocycles. The van der Waals surface area contributed by atoms with Crippen LogP contribution in [0.4, 0.5) is 0 Å². The van der Waals surface area contributed by atoms with Gasteiger partial charge >= 0.3 is 0 Å². The fourth-order valence-corrected chi connectivity index (χ4v) is 1.50. The molecule has 1 unspecified atom stereocenters. The Morgan fingerprint density at radius 2 is 2.11 bits per heavy atom. The monoisotopic (exact) mass is 272 g/mol. The minimum absolute atomic E-state index is 0. The summed E-state index contributed by atoms with van der Waals surface area (Å²) >= 11 is 0. The summed E-state index contributed by atoms with van der Waals surface area (Å²) in [7, 11) is 0. The average Bonchev–Trinajstić information content (AvgIpc) is 2.27. The Kier molecular flexibility index (Phi) is 8.16. The Bertz CT molecular complexity index is 370. The van der Waals surface area contributed by atoms with Gasteiger partial charge in [0.25, 0.3) is 0 Å². The number of hydrogen-bond acceptors (Lipinski definition) is 3. The average molecular weight is 273 g/mol. The van der Waals surface area contributed by atoms with E-state index in [0.29, 0.717) is 19.6 Å². The van der Waals surface area contributed by atoms with Gasteiger partial charge in [-0.1, -0.05) is 18.2 Å². The minimum atomic E-state index is -0.114. The maximum atomic E-state index is 11.5. The quantitative estimate of drug-likeness (QED) is 0.831. The van der Waals surface area contributed by atoms with Crippen molar-refractivity contribution >= 4 is 18.3 Å². The van der Waals surface area contributed by atoms with Gasteiger partial charge in [-0.05, 0) is 19.9 Å². The number of hydrogen-bond donors (Lipinski definition) is 2. The van der Waals surface area contributed by atoms with Gasteiger partial charge in [0.15, 0.2) is 0 Å². The standard InChI is InChI=1S/C13H20N2O2.ClH/c1-3-17-12-7-5-4-6-11(12)9-15-13(16)8-10(2)14;/h4-7,10H,3,8-9,14H2,1-2H3,(H,15,16);1H. The number of nitrogens with two attached hydrogens (primary N) is 1. The van der Waals surface area contributed by atoms with Gasteiger partial charge in [0.2, 0.25) is 5.91 Å². The third kappa shape index (κ3) is 5.89. The summed E-state index contributed by atoms with van der Waals surface area (Å²) in [5, 5.41) is 2.83. The largest absolute Gasteiger partial charge is 0.494 e. The molecule has 0 aliphatic heterocycles. The second-order valence-corrected chi connectivity index (χ2v) is 4.00. The van der Waals surface area contributed by atoms with Crippen LogP contribution in [0.15, 0.2) is 24.3 Å². The van der Waals surface area contributed by atoms with Gasteiger partial charge in [-0.2, -0.15) is 0 Å². The van der Waals surface area contributed by atoms with Crippen molar-refractivity contribution in [3.8, 4) is 5.75 Å². The molecule has 1 aromatic carbocycles. The number of benzene rings is 1. The first-order valence-corrected chi connectivity index (χ1v) is 5.86. The highest BCUT2D eigenvalue weighted by molar-refractivity contribution is 5.85. The predicted molar refractivity (Wildman–Crippen MR) is 75.0 cm³/mol. The molecule has 1 aromatic rings. The van der Waals surface area contributed by atoms with Crippen molar-refractivity contribution < 1.29 is 9.53 Å². The molecule has 102 valence electrons. The molecule has 3 N–H and O–H groups in total. The summed E-state index contributed by atoms with van der Waals surface area (Å²) in [6.45, 7) is 4.84. The van der Waals surface area contributed by atoms with Gasteiger partial charge < -0.3 is 15.8 Å². The van der Waals surface area contributed by atoms with Crippen molar-refractivity contribution in [2.75, 3.05) is 6.61 Å². The van der Waals surface area contributed by atoms with Gasteiger partial charge in [0.1, 0.15) is 5.75 Å². The Morgan fingerprint density at radius 3 is 2.72 bits per heavy atom. The van der Waals surface area contributed by atoms with Crippen LogP contribution in [-0.4, -0.2) is 18.6 Å². The number of nitrogens with one attached hydrogen (secondary N) is 1. The lowest BCUT2D eigenvalue weighted by atomic mass is 10.2. The molecule has 0 spiro atoms. The van der Waals surface area contributed by atoms with E-state index in [-0.39, 0.29) is 24.4 Å². The van der Waals surface area contributed by atoms with E-state index in [0.717, 1.165) is 11.3 Å². The van der Waals surface area contributed by atoms with Crippen molar-refractivity contribution in [2.45, 2.75) is 32.9 Å². The second kappa shape index (κ2) is 8.78. The van der Waals surface area contributed by atoms with Crippen LogP contribution in [0, 0.1) is 0 Å². The highest BCUT2D eigenvalue weighted by atomic mass is 35.5. The molecule has 1 rings (SSSR count). The minimum Gasteiger partial charge on any atom is -0.494 e. The third-order valence-electron chi connectivity index (χ3n) is 2.26. The summed E-state index contributed by atoms with van der Waals surface area (Å²) in [4.78, 5) is 11.5. The van der Waals surface area contributed by atoms with Crippen LogP contribution >= 0.6 is 12.4 Å². The fraction of sp³-hybridized carbons (Fsp3) is 0.462. The van der Waals surface area contributed by atoms with Crippen LogP contribution in [0.5, 0.6) is 5.75 Å². The van der Waals surface area contributed by atoms with Crippen LogP contribution < -0.4 is 15.8 Å². The Morgan fingerprint density at radius 1 is 1.44 bits per heavy atom. The molecule has 1 atom stereocenters. The number of rotatable bonds is 6. The Labute approximate surface area is 114 Å². The van der Waals surface area contributed by atoms with Crippen LogP contribution in [0.25, 0.3) is 0 Å². The first-order chi connectivity index (χ1) is 8.13. The van der Waals surface area contributed by atoms with Crippen molar-refractivity contribution in [3.63, 3.8) is 0 Å². The van der Waals surface area contributed by atoms with Crippen LogP contribution in [0.2, 0.25) is 0 Å². The predicted octanol–water partition coefficient (Wildman–Crippen LogP) is 1.86. The lowest BCUT2D eigenvalue weighted by Crippen LogP contribution is -2.29. The van der Waals surface area contributed by atoms with E-state index in [2.05, 4.69) is 5.32 Å². The van der Waals surface area contributed by atoms with E-state index >= 15 is 0 Å². The fourth-order valence-electron chi connectivity index (χ4n) is 1.50. The van der Waals surface area contributed by atoms with Gasteiger partial charge in [0.05, 0.1) is 6.61 Å². The molecule has 0 aliphatic rings. The van der Waals surface area contributed by atoms with E-state index < -0.39 is 0 Å². The van der Waals surface area contributed by atoms with Crippen LogP contribution in [0.1, 0.15) is 25.8 Å². The van der Waals surface area contributed by atoms with Crippen LogP contribution in [-0.2, 0) is 11.3 Å². The molecule has 0 heterocycles. The highest BCUT2D eigenvalue weighted by Crippen LogP contribution is 2.17. The molecule has 0 fully saturated rings. The molecule has 0 saturated carbocycles. The summed E-state index contributed by atoms with van der Waals surface area (Å²) in [5.74, 6) is 0.780. The maximum Gasteiger partial charge on any atom is 0.221 e. The molecule has 1 amide bonds. The smallest absolute Gasteiger partial charge is 0.221 e. The summed E-state index contributed by atoms with van der Waals surface area (Å²) in [5.41, 5.74) is 6.53. The van der Waals surface area contributed by atoms with E-state index in [1.165, 1.54) is 0 Å². The van der Waals surface area contributed by atoms with Gasteiger partial charge in [-0.25, -0.2) is 0 Å². The zero-order valence-electron chi connectivity index (χ0n) is 10.8. The molecular formula is C13H21ClN2O2. The van der Waals surface area contributed by atoms with Crippen molar-refractivity contribution in [1.29, 1.82) is 0 Å². The first-order valence-electron chi connectivity index (χ1n) is 5.86. The number of para-hydroxylation sites is 1. The zero-order chi connectivity index (χ0) is 12.7. The lowest BCUT2D eigenvalue weighted by molar-refractivity contribution is -0.121. The first kappa shape index (κ1) is 16.7. The summed E-state index contributed by atoms with van der Waals surface area (Å²) < 4.78 is 5.47. The SMILES string of the molecule is CCOc1ccccc1CNC(=O)CC(C)N.Cl. The molecule has 5 heteroatoms. The molecule has 18 heavy (non-hydrogen) atoms. The Hall–Kier alpha value is -1.26. The van der Waals surface area contributed by atoms with Gasteiger partial charge in [-0.3, -0.25) is 4.79 Å². The van der Waals surface area contributed by atoms with E-state index in [1.54, 1.807) is 0 Å². The number of ether oxygens (including phenoxy) is 1. The van der Waals surface area contributed by atoms with Gasteiger partial charge in [-0.15, -0.1) is 12.4 Å². The summed E-state index contributed by atoms with van der Waals surface area (Å²) in [6.07, 6.45) is 0.344. The van der Waals surface area contributed by atoms with E-state index in [9.17, 15) is 4.79 Å². The Balaban J connectivity index is 0.00000289. The number of carbonyl (C=O) groups is 1. The molecule has 0 radical (unpaired) electrons. The summed E-state index contributed by atoms with van der Waals surface area (Å²) in [6, 6.07) is 7.57. The molecule has 0 saturated heterocycles. The molecular weight excluding hydrogens is 252 g/mol. The maximum absolute atomic E-state index is 11.5. The highest BCUT2D eigenvalue weighted by Gasteiger charge is 2.06. The normalized spacial score (nSPS) is 11.3. The van der Waals surface area contributed by atoms with Crippen LogP contribution in [0.3, 0.4) is 0 Å². The lowest BCUT2D eigenvalue weighted by Gasteiger charge is -2.11. The van der Waals surface area contributed by atoms with E-state index in [1.807, 2.05) is 38.1 Å². The molecule has 0 aliphatic carbocycles. The van der Waals surface area contributed by atoms with Crippen molar-refractivity contribution in [2.24, 2.45) is 5.73 Å². The van der Waals surface area contributed by atoms with Crippen molar-refractivity contribution in [1.82, 2.24) is 5.32 Å². The van der Waals surface area contributed by atoms with Gasteiger partial charge in [0, 0.05) is 24.6 Å². The topological polar surface area (TPSA) is 64.3 Å². The van der Waals surface area contributed by atoms with E-state index in [4.69, 9.17) is 10.5 Å². The number of halogens is 1. The second-order valence-electron chi connectivity index (χ2n) is 4.00. The molecule has 4 nitrogen and oxygen atoms in total. The number of amides is 1.